The molecule has 1 unspecified atom stereocenters. The van der Waals surface area contributed by atoms with Crippen molar-refractivity contribution in [2.45, 2.75) is 16.6 Å². The summed E-state index contributed by atoms with van der Waals surface area (Å²) in [6.07, 6.45) is 0.698. The molecule has 0 spiro atoms. The second kappa shape index (κ2) is 4.78. The Hall–Kier alpha value is -0.880. The fraction of sp³-hybridized carbons (Fsp3) is 0.455. The van der Waals surface area contributed by atoms with Crippen molar-refractivity contribution in [3.8, 4) is 5.75 Å². The van der Waals surface area contributed by atoms with Crippen molar-refractivity contribution in [1.82, 2.24) is 0 Å². The predicted octanol–water partition coefficient (Wildman–Crippen LogP) is 1.56. The summed E-state index contributed by atoms with van der Waals surface area (Å²) in [5.41, 5.74) is 6.53. The lowest BCUT2D eigenvalue weighted by Gasteiger charge is -2.11. The second-order valence-corrected chi connectivity index (χ2v) is 7.62. The van der Waals surface area contributed by atoms with E-state index in [9.17, 15) is 8.42 Å². The minimum Gasteiger partial charge on any atom is -0.497 e. The van der Waals surface area contributed by atoms with Gasteiger partial charge in [-0.2, -0.15) is 0 Å². The van der Waals surface area contributed by atoms with Gasteiger partial charge in [-0.1, -0.05) is 0 Å². The quantitative estimate of drug-likeness (QED) is 0.846. The number of methoxy groups -OCH3 is 1. The number of rotatable bonds is 3. The first-order valence-electron chi connectivity index (χ1n) is 5.31. The van der Waals surface area contributed by atoms with Crippen molar-refractivity contribution in [3.05, 3.63) is 18.2 Å². The van der Waals surface area contributed by atoms with Gasteiger partial charge in [-0.3, -0.25) is 0 Å². The van der Waals surface area contributed by atoms with Gasteiger partial charge in [0.05, 0.1) is 18.6 Å². The number of hydrogen-bond donors (Lipinski definition) is 1. The van der Waals surface area contributed by atoms with Gasteiger partial charge in [0.25, 0.3) is 0 Å². The lowest BCUT2D eigenvalue weighted by atomic mass is 10.3. The topological polar surface area (TPSA) is 69.4 Å². The molecule has 1 aromatic carbocycles. The Kier molecular flexibility index (Phi) is 3.53. The lowest BCUT2D eigenvalue weighted by Crippen LogP contribution is -2.06. The molecular formula is C11H15NO3S2. The van der Waals surface area contributed by atoms with E-state index in [1.807, 2.05) is 6.07 Å². The first kappa shape index (κ1) is 12.6. The molecule has 1 aliphatic heterocycles. The first-order chi connectivity index (χ1) is 8.00. The molecule has 1 heterocycles. The average Bonchev–Trinajstić information content (AvgIpc) is 2.61. The largest absolute Gasteiger partial charge is 0.497 e. The average molecular weight is 273 g/mol. The highest BCUT2D eigenvalue weighted by molar-refractivity contribution is 8.02. The van der Waals surface area contributed by atoms with E-state index in [0.717, 1.165) is 10.6 Å². The molecule has 17 heavy (non-hydrogen) atoms. The third-order valence-electron chi connectivity index (χ3n) is 2.71. The van der Waals surface area contributed by atoms with E-state index in [0.29, 0.717) is 12.1 Å². The van der Waals surface area contributed by atoms with E-state index >= 15 is 0 Å². The highest BCUT2D eigenvalue weighted by atomic mass is 32.2. The van der Waals surface area contributed by atoms with Crippen LogP contribution < -0.4 is 10.5 Å². The van der Waals surface area contributed by atoms with Gasteiger partial charge in [-0.25, -0.2) is 8.42 Å². The van der Waals surface area contributed by atoms with Crippen LogP contribution in [0.4, 0.5) is 5.69 Å². The molecule has 2 N–H and O–H groups in total. The van der Waals surface area contributed by atoms with Crippen molar-refractivity contribution in [2.24, 2.45) is 0 Å². The molecule has 0 amide bonds. The van der Waals surface area contributed by atoms with Crippen LogP contribution in [0.1, 0.15) is 6.42 Å². The maximum Gasteiger partial charge on any atom is 0.151 e. The Balaban J connectivity index is 2.13. The maximum absolute atomic E-state index is 11.4. The van der Waals surface area contributed by atoms with Gasteiger partial charge >= 0.3 is 0 Å². The van der Waals surface area contributed by atoms with Gasteiger partial charge in [-0.15, -0.1) is 11.8 Å². The Morgan fingerprint density at radius 3 is 2.82 bits per heavy atom. The zero-order chi connectivity index (χ0) is 12.5. The Morgan fingerprint density at radius 1 is 1.47 bits per heavy atom. The summed E-state index contributed by atoms with van der Waals surface area (Å²) in [4.78, 5) is 0.895. The summed E-state index contributed by atoms with van der Waals surface area (Å²) in [6.45, 7) is 0. The van der Waals surface area contributed by atoms with Crippen molar-refractivity contribution in [3.63, 3.8) is 0 Å². The van der Waals surface area contributed by atoms with Gasteiger partial charge in [0, 0.05) is 15.8 Å². The summed E-state index contributed by atoms with van der Waals surface area (Å²) in [7, 11) is -1.24. The highest BCUT2D eigenvalue weighted by Crippen LogP contribution is 2.36. The van der Waals surface area contributed by atoms with Crippen LogP contribution in [0.2, 0.25) is 0 Å². The van der Waals surface area contributed by atoms with Gasteiger partial charge < -0.3 is 10.5 Å². The molecule has 0 saturated carbocycles. The Bertz CT molecular complexity index is 513. The van der Waals surface area contributed by atoms with Crippen LogP contribution in [0, 0.1) is 0 Å². The number of sulfone groups is 1. The molecule has 0 radical (unpaired) electrons. The number of hydrogen-bond acceptors (Lipinski definition) is 5. The summed E-state index contributed by atoms with van der Waals surface area (Å²) in [5, 5.41) is 0.106. The van der Waals surface area contributed by atoms with E-state index in [-0.39, 0.29) is 16.8 Å². The van der Waals surface area contributed by atoms with Crippen molar-refractivity contribution >= 4 is 27.3 Å². The van der Waals surface area contributed by atoms with Gasteiger partial charge in [0.15, 0.2) is 9.84 Å². The zero-order valence-corrected chi connectivity index (χ0v) is 11.2. The van der Waals surface area contributed by atoms with Crippen LogP contribution >= 0.6 is 11.8 Å². The zero-order valence-electron chi connectivity index (χ0n) is 9.55. The molecule has 1 saturated heterocycles. The highest BCUT2D eigenvalue weighted by Gasteiger charge is 2.28. The molecule has 0 aromatic heterocycles. The number of nitrogen functional groups attached to an aromatic ring is 1. The third-order valence-corrected chi connectivity index (χ3v) is 6.03. The van der Waals surface area contributed by atoms with E-state index in [1.165, 1.54) is 11.8 Å². The molecule has 1 aromatic rings. The van der Waals surface area contributed by atoms with Crippen LogP contribution in [0.5, 0.6) is 5.75 Å². The second-order valence-electron chi connectivity index (χ2n) is 4.05. The molecule has 4 nitrogen and oxygen atoms in total. The lowest BCUT2D eigenvalue weighted by molar-refractivity contribution is 0.414. The SMILES string of the molecule is COc1ccc(N)c(SC2CCS(=O)(=O)C2)c1. The van der Waals surface area contributed by atoms with E-state index in [1.54, 1.807) is 19.2 Å². The molecule has 1 aliphatic rings. The molecule has 6 heteroatoms. The summed E-state index contributed by atoms with van der Waals surface area (Å²) < 4.78 is 27.9. The summed E-state index contributed by atoms with van der Waals surface area (Å²) >= 11 is 1.53. The predicted molar refractivity (Wildman–Crippen MR) is 70.3 cm³/mol. The Labute approximate surface area is 105 Å². The summed E-state index contributed by atoms with van der Waals surface area (Å²) in [6, 6.07) is 5.43. The van der Waals surface area contributed by atoms with Crippen LogP contribution in [0.15, 0.2) is 23.1 Å². The molecule has 94 valence electrons. The van der Waals surface area contributed by atoms with Gasteiger partial charge in [-0.05, 0) is 24.6 Å². The number of anilines is 1. The standard InChI is InChI=1S/C11H15NO3S2/c1-15-8-2-3-10(12)11(6-8)16-9-4-5-17(13,14)7-9/h2-3,6,9H,4-5,7,12H2,1H3. The number of thioether (sulfide) groups is 1. The molecular weight excluding hydrogens is 258 g/mol. The molecule has 0 aliphatic carbocycles. The minimum absolute atomic E-state index is 0.106. The molecule has 0 bridgehead atoms. The Morgan fingerprint density at radius 2 is 2.24 bits per heavy atom. The summed E-state index contributed by atoms with van der Waals surface area (Å²) in [5.74, 6) is 1.27. The van der Waals surface area contributed by atoms with Crippen LogP contribution in [0.25, 0.3) is 0 Å². The molecule has 1 fully saturated rings. The van der Waals surface area contributed by atoms with Crippen molar-refractivity contribution in [1.29, 1.82) is 0 Å². The number of ether oxygens (including phenoxy) is 1. The minimum atomic E-state index is -2.84. The van der Waals surface area contributed by atoms with Gasteiger partial charge in [0.2, 0.25) is 0 Å². The van der Waals surface area contributed by atoms with Crippen LogP contribution in [-0.2, 0) is 9.84 Å². The number of nitrogens with two attached hydrogens (primary N) is 1. The van der Waals surface area contributed by atoms with E-state index in [4.69, 9.17) is 10.5 Å². The normalized spacial score (nSPS) is 22.5. The number of benzene rings is 1. The van der Waals surface area contributed by atoms with E-state index < -0.39 is 9.84 Å². The van der Waals surface area contributed by atoms with Gasteiger partial charge in [0.1, 0.15) is 5.75 Å². The fourth-order valence-electron chi connectivity index (χ4n) is 1.78. The van der Waals surface area contributed by atoms with Crippen molar-refractivity contribution < 1.29 is 13.2 Å². The molecule has 2 rings (SSSR count). The first-order valence-corrected chi connectivity index (χ1v) is 8.01. The fourth-order valence-corrected chi connectivity index (χ4v) is 5.35. The third kappa shape index (κ3) is 3.07. The van der Waals surface area contributed by atoms with E-state index in [2.05, 4.69) is 0 Å². The molecule has 1 atom stereocenters. The monoisotopic (exact) mass is 273 g/mol. The van der Waals surface area contributed by atoms with Crippen LogP contribution in [0.3, 0.4) is 0 Å². The maximum atomic E-state index is 11.4. The van der Waals surface area contributed by atoms with Crippen molar-refractivity contribution in [2.75, 3.05) is 24.3 Å². The van der Waals surface area contributed by atoms with Crippen LogP contribution in [-0.4, -0.2) is 32.3 Å². The smallest absolute Gasteiger partial charge is 0.151 e.